The second kappa shape index (κ2) is 5.70. The van der Waals surface area contributed by atoms with Crippen molar-refractivity contribution in [3.63, 3.8) is 0 Å². The smallest absolute Gasteiger partial charge is 0.307 e. The van der Waals surface area contributed by atoms with Crippen molar-refractivity contribution in [3.8, 4) is 6.07 Å². The summed E-state index contributed by atoms with van der Waals surface area (Å²) < 4.78 is 13.0. The van der Waals surface area contributed by atoms with Gasteiger partial charge in [-0.1, -0.05) is 6.42 Å². The van der Waals surface area contributed by atoms with Gasteiger partial charge in [0, 0.05) is 0 Å². The molecule has 20 heavy (non-hydrogen) atoms. The van der Waals surface area contributed by atoms with Crippen molar-refractivity contribution in [3.05, 3.63) is 29.6 Å². The number of aliphatic carboxylic acids is 1. The van der Waals surface area contributed by atoms with E-state index in [1.54, 1.807) is 6.07 Å². The molecule has 0 saturated heterocycles. The summed E-state index contributed by atoms with van der Waals surface area (Å²) in [6.07, 6.45) is 1.66. The van der Waals surface area contributed by atoms with Gasteiger partial charge in [0.2, 0.25) is 5.91 Å². The molecular weight excluding hydrogens is 263 g/mol. The van der Waals surface area contributed by atoms with Crippen LogP contribution >= 0.6 is 0 Å². The van der Waals surface area contributed by atoms with E-state index in [2.05, 4.69) is 5.32 Å². The number of hydrogen-bond donors (Lipinski definition) is 2. The van der Waals surface area contributed by atoms with E-state index in [-0.39, 0.29) is 11.3 Å². The van der Waals surface area contributed by atoms with Crippen LogP contribution in [0.2, 0.25) is 0 Å². The number of anilines is 1. The lowest BCUT2D eigenvalue weighted by molar-refractivity contribution is -0.145. The number of hydrogen-bond acceptors (Lipinski definition) is 3. The number of carbonyl (C=O) groups is 2. The second-order valence-corrected chi connectivity index (χ2v) is 4.77. The predicted molar refractivity (Wildman–Crippen MR) is 68.2 cm³/mol. The lowest BCUT2D eigenvalue weighted by atomic mass is 9.95. The quantitative estimate of drug-likeness (QED) is 0.884. The third-order valence-corrected chi connectivity index (χ3v) is 3.53. The third kappa shape index (κ3) is 2.77. The van der Waals surface area contributed by atoms with Gasteiger partial charge in [0.1, 0.15) is 11.9 Å². The van der Waals surface area contributed by atoms with Gasteiger partial charge in [0.15, 0.2) is 0 Å². The summed E-state index contributed by atoms with van der Waals surface area (Å²) in [5.41, 5.74) is 0.221. The SMILES string of the molecule is N#Cc1cc(F)ccc1NC(=O)C1CCCC1C(=O)O. The second-order valence-electron chi connectivity index (χ2n) is 4.77. The van der Waals surface area contributed by atoms with Gasteiger partial charge in [-0.3, -0.25) is 9.59 Å². The number of rotatable bonds is 3. The molecule has 2 unspecified atom stereocenters. The first-order valence-corrected chi connectivity index (χ1v) is 6.26. The average Bonchev–Trinajstić information content (AvgIpc) is 2.90. The van der Waals surface area contributed by atoms with Crippen LogP contribution in [-0.2, 0) is 9.59 Å². The van der Waals surface area contributed by atoms with Gasteiger partial charge in [0.05, 0.1) is 23.1 Å². The molecule has 1 aliphatic carbocycles. The number of carboxylic acid groups (broad SMARTS) is 1. The highest BCUT2D eigenvalue weighted by atomic mass is 19.1. The van der Waals surface area contributed by atoms with Crippen molar-refractivity contribution in [2.24, 2.45) is 11.8 Å². The van der Waals surface area contributed by atoms with Crippen LogP contribution in [0, 0.1) is 29.0 Å². The van der Waals surface area contributed by atoms with Gasteiger partial charge in [-0.25, -0.2) is 4.39 Å². The van der Waals surface area contributed by atoms with Gasteiger partial charge >= 0.3 is 5.97 Å². The molecule has 0 spiro atoms. The van der Waals surface area contributed by atoms with E-state index >= 15 is 0 Å². The maximum absolute atomic E-state index is 13.0. The summed E-state index contributed by atoms with van der Waals surface area (Å²) in [5.74, 6) is -3.28. The van der Waals surface area contributed by atoms with E-state index in [0.29, 0.717) is 19.3 Å². The minimum absolute atomic E-state index is 0.0169. The van der Waals surface area contributed by atoms with Crippen LogP contribution in [0.25, 0.3) is 0 Å². The molecule has 104 valence electrons. The Balaban J connectivity index is 2.16. The number of nitrogens with one attached hydrogen (secondary N) is 1. The summed E-state index contributed by atoms with van der Waals surface area (Å²) in [6.45, 7) is 0. The van der Waals surface area contributed by atoms with E-state index in [9.17, 15) is 14.0 Å². The highest BCUT2D eigenvalue weighted by molar-refractivity contribution is 5.96. The van der Waals surface area contributed by atoms with Crippen LogP contribution in [0.15, 0.2) is 18.2 Å². The molecule has 1 aromatic rings. The van der Waals surface area contributed by atoms with Gasteiger partial charge in [-0.2, -0.15) is 5.26 Å². The first kappa shape index (κ1) is 14.0. The summed E-state index contributed by atoms with van der Waals surface area (Å²) in [5, 5.41) is 20.5. The summed E-state index contributed by atoms with van der Waals surface area (Å²) in [7, 11) is 0. The monoisotopic (exact) mass is 276 g/mol. The fourth-order valence-corrected chi connectivity index (χ4v) is 2.51. The molecule has 1 fully saturated rings. The lowest BCUT2D eigenvalue weighted by Crippen LogP contribution is -2.30. The maximum atomic E-state index is 13.0. The molecule has 2 N–H and O–H groups in total. The van der Waals surface area contributed by atoms with E-state index in [1.807, 2.05) is 0 Å². The summed E-state index contributed by atoms with van der Waals surface area (Å²) >= 11 is 0. The maximum Gasteiger partial charge on any atom is 0.307 e. The molecule has 1 amide bonds. The van der Waals surface area contributed by atoms with Gasteiger partial charge < -0.3 is 10.4 Å². The summed E-state index contributed by atoms with van der Waals surface area (Å²) in [4.78, 5) is 23.2. The van der Waals surface area contributed by atoms with E-state index in [0.717, 1.165) is 12.1 Å². The minimum atomic E-state index is -0.984. The molecule has 6 heteroatoms. The van der Waals surface area contributed by atoms with Crippen LogP contribution < -0.4 is 5.32 Å². The fraction of sp³-hybridized carbons (Fsp3) is 0.357. The van der Waals surface area contributed by atoms with E-state index < -0.39 is 29.5 Å². The fourth-order valence-electron chi connectivity index (χ4n) is 2.51. The predicted octanol–water partition coefficient (Wildman–Crippen LogP) is 2.14. The molecule has 1 aliphatic rings. The molecule has 0 aromatic heterocycles. The summed E-state index contributed by atoms with van der Waals surface area (Å²) in [6, 6.07) is 5.26. The standard InChI is InChI=1S/C14H13FN2O3/c15-9-4-5-12(8(6-9)7-16)17-13(18)10-2-1-3-11(10)14(19)20/h4-6,10-11H,1-3H2,(H,17,18)(H,19,20). The van der Waals surface area contributed by atoms with Crippen molar-refractivity contribution >= 4 is 17.6 Å². The first-order chi connectivity index (χ1) is 9.52. The number of nitriles is 1. The minimum Gasteiger partial charge on any atom is -0.481 e. The lowest BCUT2D eigenvalue weighted by Gasteiger charge is -2.16. The Kier molecular flexibility index (Phi) is 3.99. The Morgan fingerprint density at radius 3 is 2.70 bits per heavy atom. The first-order valence-electron chi connectivity index (χ1n) is 6.26. The molecule has 1 saturated carbocycles. The Morgan fingerprint density at radius 2 is 2.05 bits per heavy atom. The molecule has 2 rings (SSSR count). The highest BCUT2D eigenvalue weighted by Gasteiger charge is 2.37. The molecule has 0 bridgehead atoms. The van der Waals surface area contributed by atoms with Crippen LogP contribution in [-0.4, -0.2) is 17.0 Å². The number of carbonyl (C=O) groups excluding carboxylic acids is 1. The molecule has 0 heterocycles. The van der Waals surface area contributed by atoms with E-state index in [4.69, 9.17) is 10.4 Å². The Hall–Kier alpha value is -2.42. The van der Waals surface area contributed by atoms with E-state index in [1.165, 1.54) is 6.07 Å². The highest BCUT2D eigenvalue weighted by Crippen LogP contribution is 2.33. The van der Waals surface area contributed by atoms with Gasteiger partial charge in [0.25, 0.3) is 0 Å². The average molecular weight is 276 g/mol. The third-order valence-electron chi connectivity index (χ3n) is 3.53. The normalized spacial score (nSPS) is 21.2. The van der Waals surface area contributed by atoms with Crippen LogP contribution in [0.5, 0.6) is 0 Å². The Labute approximate surface area is 115 Å². The molecule has 1 aromatic carbocycles. The molecule has 2 atom stereocenters. The molecular formula is C14H13FN2O3. The Bertz CT molecular complexity index is 595. The zero-order valence-corrected chi connectivity index (χ0v) is 10.6. The van der Waals surface area contributed by atoms with Gasteiger partial charge in [-0.05, 0) is 31.0 Å². The van der Waals surface area contributed by atoms with Crippen molar-refractivity contribution in [1.82, 2.24) is 0 Å². The largest absolute Gasteiger partial charge is 0.481 e. The number of halogens is 1. The molecule has 5 nitrogen and oxygen atoms in total. The number of nitrogens with zero attached hydrogens (tertiary/aromatic N) is 1. The van der Waals surface area contributed by atoms with Crippen molar-refractivity contribution in [2.45, 2.75) is 19.3 Å². The number of carboxylic acids is 1. The van der Waals surface area contributed by atoms with Crippen LogP contribution in [0.1, 0.15) is 24.8 Å². The number of benzene rings is 1. The van der Waals surface area contributed by atoms with Crippen molar-refractivity contribution in [1.29, 1.82) is 5.26 Å². The van der Waals surface area contributed by atoms with Gasteiger partial charge in [-0.15, -0.1) is 0 Å². The van der Waals surface area contributed by atoms with Crippen LogP contribution in [0.4, 0.5) is 10.1 Å². The topological polar surface area (TPSA) is 90.2 Å². The zero-order chi connectivity index (χ0) is 14.7. The Morgan fingerprint density at radius 1 is 1.35 bits per heavy atom. The molecule has 0 radical (unpaired) electrons. The van der Waals surface area contributed by atoms with Crippen molar-refractivity contribution in [2.75, 3.05) is 5.32 Å². The molecule has 0 aliphatic heterocycles. The van der Waals surface area contributed by atoms with Crippen LogP contribution in [0.3, 0.4) is 0 Å². The van der Waals surface area contributed by atoms with Crippen molar-refractivity contribution < 1.29 is 19.1 Å². The zero-order valence-electron chi connectivity index (χ0n) is 10.6. The number of amides is 1.